The van der Waals surface area contributed by atoms with Crippen molar-refractivity contribution in [1.82, 2.24) is 9.80 Å². The molecule has 0 aliphatic carbocycles. The number of nitrogens with zero attached hydrogens (tertiary/aromatic N) is 2. The van der Waals surface area contributed by atoms with Gasteiger partial charge in [0.05, 0.1) is 0 Å². The third-order valence-corrected chi connectivity index (χ3v) is 5.86. The summed E-state index contributed by atoms with van der Waals surface area (Å²) in [6.07, 6.45) is 0. The first-order chi connectivity index (χ1) is 12.4. The highest BCUT2D eigenvalue weighted by Crippen LogP contribution is 2.23. The molecule has 0 saturated carbocycles. The summed E-state index contributed by atoms with van der Waals surface area (Å²) in [5.41, 5.74) is 4.71. The van der Waals surface area contributed by atoms with Gasteiger partial charge in [0.25, 0.3) is 0 Å². The molecule has 138 valence electrons. The maximum atomic E-state index is 6.29. The van der Waals surface area contributed by atoms with Crippen molar-refractivity contribution in [3.63, 3.8) is 0 Å². The van der Waals surface area contributed by atoms with E-state index in [9.17, 15) is 0 Å². The van der Waals surface area contributed by atoms with Crippen LogP contribution in [0.15, 0.2) is 36.4 Å². The van der Waals surface area contributed by atoms with E-state index in [1.54, 1.807) is 6.07 Å². The molecule has 0 bridgehead atoms. The molecule has 1 saturated heterocycles. The minimum Gasteiger partial charge on any atom is -0.346 e. The molecule has 0 atom stereocenters. The summed E-state index contributed by atoms with van der Waals surface area (Å²) < 4.78 is 0. The van der Waals surface area contributed by atoms with Crippen LogP contribution in [0.5, 0.6) is 0 Å². The highest BCUT2D eigenvalue weighted by atomic mass is 35.5. The van der Waals surface area contributed by atoms with Crippen molar-refractivity contribution < 1.29 is 0 Å². The number of rotatable bonds is 3. The number of hydrogen-bond acceptors (Lipinski definition) is 2. The average Bonchev–Trinajstić information content (AvgIpc) is 2.62. The normalized spacial score (nSPS) is 15.2. The average molecular weight is 408 g/mol. The number of benzene rings is 2. The number of piperazine rings is 1. The van der Waals surface area contributed by atoms with E-state index in [2.05, 4.69) is 47.2 Å². The van der Waals surface area contributed by atoms with Gasteiger partial charge in [0.1, 0.15) is 0 Å². The summed E-state index contributed by atoms with van der Waals surface area (Å²) in [4.78, 5) is 4.63. The van der Waals surface area contributed by atoms with Crippen LogP contribution in [0.4, 0.5) is 5.69 Å². The molecule has 0 unspecified atom stereocenters. The zero-order chi connectivity index (χ0) is 18.7. The van der Waals surface area contributed by atoms with Crippen molar-refractivity contribution in [3.8, 4) is 0 Å². The second-order valence-electron chi connectivity index (χ2n) is 6.68. The zero-order valence-corrected chi connectivity index (χ0v) is 17.4. The van der Waals surface area contributed by atoms with Crippen LogP contribution in [0.3, 0.4) is 0 Å². The van der Waals surface area contributed by atoms with Gasteiger partial charge in [0.2, 0.25) is 0 Å². The van der Waals surface area contributed by atoms with E-state index in [1.165, 1.54) is 11.1 Å². The molecular weight excluding hydrogens is 385 g/mol. The molecule has 26 heavy (non-hydrogen) atoms. The van der Waals surface area contributed by atoms with Gasteiger partial charge in [-0.1, -0.05) is 41.4 Å². The predicted octanol–water partition coefficient (Wildman–Crippen LogP) is 5.12. The summed E-state index contributed by atoms with van der Waals surface area (Å²) in [5, 5.41) is 5.60. The maximum absolute atomic E-state index is 6.29. The van der Waals surface area contributed by atoms with Gasteiger partial charge in [-0.15, -0.1) is 0 Å². The fourth-order valence-corrected chi connectivity index (χ4v) is 3.84. The maximum Gasteiger partial charge on any atom is 0.173 e. The number of nitrogens with one attached hydrogen (secondary N) is 1. The predicted molar refractivity (Wildman–Crippen MR) is 115 cm³/mol. The lowest BCUT2D eigenvalue weighted by Crippen LogP contribution is -2.49. The van der Waals surface area contributed by atoms with Gasteiger partial charge in [-0.2, -0.15) is 0 Å². The van der Waals surface area contributed by atoms with Crippen molar-refractivity contribution in [2.45, 2.75) is 20.4 Å². The summed E-state index contributed by atoms with van der Waals surface area (Å²) in [6.45, 7) is 8.78. The number of aryl methyl sites for hydroxylation is 1. The van der Waals surface area contributed by atoms with Crippen LogP contribution in [0.25, 0.3) is 0 Å². The van der Waals surface area contributed by atoms with Crippen LogP contribution in [0.2, 0.25) is 10.0 Å². The Morgan fingerprint density at radius 3 is 2.50 bits per heavy atom. The first-order valence-corrected chi connectivity index (χ1v) is 9.89. The third kappa shape index (κ3) is 4.68. The first kappa shape index (κ1) is 19.4. The van der Waals surface area contributed by atoms with Gasteiger partial charge in [0, 0.05) is 48.5 Å². The van der Waals surface area contributed by atoms with E-state index in [0.29, 0.717) is 5.02 Å². The van der Waals surface area contributed by atoms with Gasteiger partial charge in [-0.25, -0.2) is 0 Å². The van der Waals surface area contributed by atoms with E-state index in [1.807, 2.05) is 12.1 Å². The number of anilines is 1. The highest BCUT2D eigenvalue weighted by molar-refractivity contribution is 7.80. The monoisotopic (exact) mass is 407 g/mol. The van der Waals surface area contributed by atoms with E-state index in [-0.39, 0.29) is 0 Å². The lowest BCUT2D eigenvalue weighted by Gasteiger charge is -2.36. The van der Waals surface area contributed by atoms with Gasteiger partial charge in [-0.3, -0.25) is 4.90 Å². The summed E-state index contributed by atoms with van der Waals surface area (Å²) in [6, 6.07) is 11.9. The lowest BCUT2D eigenvalue weighted by molar-refractivity contribution is 0.177. The minimum absolute atomic E-state index is 0.673. The Kier molecular flexibility index (Phi) is 6.41. The topological polar surface area (TPSA) is 18.5 Å². The fraction of sp³-hybridized carbons (Fsp3) is 0.350. The molecule has 1 N–H and O–H groups in total. The SMILES string of the molecule is Cc1cccc(NC(=S)N2CCN(Cc3ccc(Cl)cc3Cl)CC2)c1C. The zero-order valence-electron chi connectivity index (χ0n) is 15.1. The Hall–Kier alpha value is -1.33. The molecule has 2 aromatic rings. The largest absolute Gasteiger partial charge is 0.346 e. The van der Waals surface area contributed by atoms with E-state index < -0.39 is 0 Å². The lowest BCUT2D eigenvalue weighted by atomic mass is 10.1. The summed E-state index contributed by atoms with van der Waals surface area (Å²) in [7, 11) is 0. The van der Waals surface area contributed by atoms with Crippen molar-refractivity contribution >= 4 is 46.2 Å². The summed E-state index contributed by atoms with van der Waals surface area (Å²) in [5.74, 6) is 0. The van der Waals surface area contributed by atoms with Crippen LogP contribution < -0.4 is 5.32 Å². The molecule has 0 amide bonds. The summed E-state index contributed by atoms with van der Waals surface area (Å²) >= 11 is 17.9. The highest BCUT2D eigenvalue weighted by Gasteiger charge is 2.20. The Labute approximate surface area is 170 Å². The van der Waals surface area contributed by atoms with Crippen LogP contribution in [-0.2, 0) is 6.54 Å². The molecule has 2 aromatic carbocycles. The Morgan fingerprint density at radius 1 is 1.08 bits per heavy atom. The third-order valence-electron chi connectivity index (χ3n) is 4.91. The second-order valence-corrected chi connectivity index (χ2v) is 7.91. The van der Waals surface area contributed by atoms with Gasteiger partial charge in [0.15, 0.2) is 5.11 Å². The van der Waals surface area contributed by atoms with E-state index in [0.717, 1.165) is 54.1 Å². The van der Waals surface area contributed by atoms with Gasteiger partial charge < -0.3 is 10.2 Å². The number of thiocarbonyl (C=S) groups is 1. The molecule has 0 aromatic heterocycles. The molecule has 1 heterocycles. The van der Waals surface area contributed by atoms with Gasteiger partial charge >= 0.3 is 0 Å². The standard InChI is InChI=1S/C20H23Cl2N3S/c1-14-4-3-5-19(15(14)2)23-20(26)25-10-8-24(9-11-25)13-16-6-7-17(21)12-18(16)22/h3-7,12H,8-11,13H2,1-2H3,(H,23,26). The molecule has 1 fully saturated rings. The Morgan fingerprint density at radius 2 is 1.81 bits per heavy atom. The molecule has 3 rings (SSSR count). The smallest absolute Gasteiger partial charge is 0.173 e. The second kappa shape index (κ2) is 8.57. The minimum atomic E-state index is 0.673. The molecule has 0 radical (unpaired) electrons. The number of halogens is 2. The van der Waals surface area contributed by atoms with Crippen LogP contribution in [0, 0.1) is 13.8 Å². The van der Waals surface area contributed by atoms with Crippen LogP contribution in [0.1, 0.15) is 16.7 Å². The molecule has 0 spiro atoms. The van der Waals surface area contributed by atoms with Crippen molar-refractivity contribution in [2.75, 3.05) is 31.5 Å². The van der Waals surface area contributed by atoms with E-state index in [4.69, 9.17) is 35.4 Å². The van der Waals surface area contributed by atoms with Crippen LogP contribution in [-0.4, -0.2) is 41.1 Å². The van der Waals surface area contributed by atoms with Gasteiger partial charge in [-0.05, 0) is 61.0 Å². The fourth-order valence-electron chi connectivity index (χ4n) is 3.08. The molecular formula is C20H23Cl2N3S. The Balaban J connectivity index is 1.54. The van der Waals surface area contributed by atoms with Crippen molar-refractivity contribution in [1.29, 1.82) is 0 Å². The number of hydrogen-bond donors (Lipinski definition) is 1. The first-order valence-electron chi connectivity index (χ1n) is 8.72. The molecule has 1 aliphatic heterocycles. The molecule has 6 heteroatoms. The Bertz CT molecular complexity index is 802. The quantitative estimate of drug-likeness (QED) is 0.710. The molecule has 1 aliphatic rings. The molecule has 3 nitrogen and oxygen atoms in total. The van der Waals surface area contributed by atoms with Crippen molar-refractivity contribution in [3.05, 3.63) is 63.1 Å². The van der Waals surface area contributed by atoms with Crippen LogP contribution >= 0.6 is 35.4 Å². The van der Waals surface area contributed by atoms with E-state index >= 15 is 0 Å². The van der Waals surface area contributed by atoms with Crippen molar-refractivity contribution in [2.24, 2.45) is 0 Å².